The molecule has 1 aliphatic rings. The van der Waals surface area contributed by atoms with Crippen molar-refractivity contribution >= 4 is 29.3 Å². The van der Waals surface area contributed by atoms with Crippen LogP contribution in [0.5, 0.6) is 0 Å². The minimum atomic E-state index is -0.825. The van der Waals surface area contributed by atoms with Crippen molar-refractivity contribution < 1.29 is 19.4 Å². The Hall–Kier alpha value is -2.31. The van der Waals surface area contributed by atoms with E-state index in [4.69, 9.17) is 9.84 Å². The summed E-state index contributed by atoms with van der Waals surface area (Å²) in [5, 5.41) is 11.8. The number of carboxylic acids is 1. The Morgan fingerprint density at radius 2 is 1.81 bits per heavy atom. The standard InChI is InChI=1S/C21H23NO4S/c23-19(24)15-27-14-16-5-4-8-18(13-16)22-20(25)21(9-11-26-12-10-21)17-6-2-1-3-7-17/h1-8,13H,9-12,14-15H2,(H,22,25)(H,23,24). The molecule has 0 spiro atoms. The summed E-state index contributed by atoms with van der Waals surface area (Å²) in [5.74, 6) is -0.192. The molecule has 2 aromatic carbocycles. The van der Waals surface area contributed by atoms with Crippen molar-refractivity contribution in [3.8, 4) is 0 Å². The number of hydrogen-bond acceptors (Lipinski definition) is 4. The first kappa shape index (κ1) is 19.5. The second kappa shape index (κ2) is 9.06. The fourth-order valence-electron chi connectivity index (χ4n) is 3.37. The van der Waals surface area contributed by atoms with Gasteiger partial charge in [0.25, 0.3) is 0 Å². The van der Waals surface area contributed by atoms with Gasteiger partial charge in [-0.3, -0.25) is 9.59 Å². The van der Waals surface area contributed by atoms with E-state index < -0.39 is 11.4 Å². The zero-order valence-corrected chi connectivity index (χ0v) is 15.8. The van der Waals surface area contributed by atoms with E-state index in [-0.39, 0.29) is 11.7 Å². The highest BCUT2D eigenvalue weighted by Crippen LogP contribution is 2.36. The van der Waals surface area contributed by atoms with Gasteiger partial charge in [-0.25, -0.2) is 0 Å². The summed E-state index contributed by atoms with van der Waals surface area (Å²) in [4.78, 5) is 23.9. The molecule has 142 valence electrons. The van der Waals surface area contributed by atoms with Crippen LogP contribution in [-0.4, -0.2) is 35.9 Å². The zero-order valence-electron chi connectivity index (χ0n) is 15.0. The largest absolute Gasteiger partial charge is 0.481 e. The average molecular weight is 385 g/mol. The van der Waals surface area contributed by atoms with Crippen LogP contribution in [0, 0.1) is 0 Å². The molecule has 0 aliphatic carbocycles. The number of anilines is 1. The second-order valence-electron chi connectivity index (χ2n) is 6.60. The molecule has 0 saturated carbocycles. The Morgan fingerprint density at radius 3 is 2.52 bits per heavy atom. The lowest BCUT2D eigenvalue weighted by Gasteiger charge is -2.36. The lowest BCUT2D eigenvalue weighted by atomic mass is 9.73. The van der Waals surface area contributed by atoms with E-state index in [9.17, 15) is 9.59 Å². The minimum absolute atomic E-state index is 0.0210. The molecule has 0 atom stereocenters. The first-order chi connectivity index (χ1) is 13.1. The average Bonchev–Trinajstić information content (AvgIpc) is 2.69. The zero-order chi connectivity index (χ0) is 19.1. The van der Waals surface area contributed by atoms with Gasteiger partial charge in [0.2, 0.25) is 5.91 Å². The van der Waals surface area contributed by atoms with E-state index >= 15 is 0 Å². The van der Waals surface area contributed by atoms with Crippen LogP contribution in [0.25, 0.3) is 0 Å². The number of aliphatic carboxylic acids is 1. The minimum Gasteiger partial charge on any atom is -0.481 e. The molecule has 1 fully saturated rings. The Labute approximate surface area is 163 Å². The Kier molecular flexibility index (Phi) is 6.53. The van der Waals surface area contributed by atoms with Crippen LogP contribution in [0.3, 0.4) is 0 Å². The van der Waals surface area contributed by atoms with Crippen LogP contribution in [0.15, 0.2) is 54.6 Å². The number of thioether (sulfide) groups is 1. The molecular weight excluding hydrogens is 362 g/mol. The van der Waals surface area contributed by atoms with Crippen molar-refractivity contribution in [1.29, 1.82) is 0 Å². The molecule has 0 bridgehead atoms. The third-order valence-corrected chi connectivity index (χ3v) is 5.78. The number of benzene rings is 2. The molecule has 1 saturated heterocycles. The molecule has 0 radical (unpaired) electrons. The molecule has 1 heterocycles. The number of amides is 1. The Bertz CT molecular complexity index is 788. The van der Waals surface area contributed by atoms with Crippen molar-refractivity contribution in [3.63, 3.8) is 0 Å². The molecule has 27 heavy (non-hydrogen) atoms. The fourth-order valence-corrected chi connectivity index (χ4v) is 4.06. The molecule has 5 nitrogen and oxygen atoms in total. The number of rotatable bonds is 7. The van der Waals surface area contributed by atoms with Crippen molar-refractivity contribution in [3.05, 3.63) is 65.7 Å². The molecule has 2 aromatic rings. The van der Waals surface area contributed by atoms with E-state index in [0.29, 0.717) is 31.8 Å². The summed E-state index contributed by atoms with van der Waals surface area (Å²) < 4.78 is 5.50. The van der Waals surface area contributed by atoms with Gasteiger partial charge in [-0.1, -0.05) is 42.5 Å². The quantitative estimate of drug-likeness (QED) is 0.760. The van der Waals surface area contributed by atoms with Gasteiger partial charge in [-0.15, -0.1) is 11.8 Å². The van der Waals surface area contributed by atoms with Gasteiger partial charge in [-0.05, 0) is 36.1 Å². The molecule has 0 unspecified atom stereocenters. The van der Waals surface area contributed by atoms with E-state index in [1.54, 1.807) is 0 Å². The van der Waals surface area contributed by atoms with Crippen LogP contribution in [0.2, 0.25) is 0 Å². The number of hydrogen-bond donors (Lipinski definition) is 2. The van der Waals surface area contributed by atoms with Gasteiger partial charge in [0.05, 0.1) is 11.2 Å². The van der Waals surface area contributed by atoms with Crippen molar-refractivity contribution in [2.45, 2.75) is 24.0 Å². The number of ether oxygens (including phenoxy) is 1. The topological polar surface area (TPSA) is 75.6 Å². The van der Waals surface area contributed by atoms with Crippen molar-refractivity contribution in [2.24, 2.45) is 0 Å². The summed E-state index contributed by atoms with van der Waals surface area (Å²) in [7, 11) is 0. The highest BCUT2D eigenvalue weighted by molar-refractivity contribution is 7.99. The smallest absolute Gasteiger partial charge is 0.313 e. The van der Waals surface area contributed by atoms with Crippen LogP contribution in [0.1, 0.15) is 24.0 Å². The van der Waals surface area contributed by atoms with Gasteiger partial charge in [-0.2, -0.15) is 0 Å². The van der Waals surface area contributed by atoms with E-state index in [2.05, 4.69) is 5.32 Å². The Balaban J connectivity index is 1.75. The molecule has 6 heteroatoms. The van der Waals surface area contributed by atoms with Crippen LogP contribution in [-0.2, 0) is 25.5 Å². The summed E-state index contributed by atoms with van der Waals surface area (Å²) >= 11 is 1.34. The third-order valence-electron chi connectivity index (χ3n) is 4.79. The van der Waals surface area contributed by atoms with Gasteiger partial charge in [0.1, 0.15) is 0 Å². The maximum atomic E-state index is 13.3. The Morgan fingerprint density at radius 1 is 1.07 bits per heavy atom. The SMILES string of the molecule is O=C(O)CSCc1cccc(NC(=O)C2(c3ccccc3)CCOCC2)c1. The maximum Gasteiger partial charge on any atom is 0.313 e. The molecule has 2 N–H and O–H groups in total. The summed E-state index contributed by atoms with van der Waals surface area (Å²) in [6.07, 6.45) is 1.30. The van der Waals surface area contributed by atoms with Gasteiger partial charge in [0, 0.05) is 24.7 Å². The van der Waals surface area contributed by atoms with Crippen LogP contribution < -0.4 is 5.32 Å². The van der Waals surface area contributed by atoms with Gasteiger partial charge in [0.15, 0.2) is 0 Å². The van der Waals surface area contributed by atoms with Crippen LogP contribution in [0.4, 0.5) is 5.69 Å². The predicted molar refractivity (Wildman–Crippen MR) is 107 cm³/mol. The first-order valence-electron chi connectivity index (χ1n) is 8.93. The number of carbonyl (C=O) groups is 2. The lowest BCUT2D eigenvalue weighted by Crippen LogP contribution is -2.44. The second-order valence-corrected chi connectivity index (χ2v) is 7.59. The van der Waals surface area contributed by atoms with E-state index in [0.717, 1.165) is 16.8 Å². The molecule has 1 amide bonds. The van der Waals surface area contributed by atoms with Gasteiger partial charge < -0.3 is 15.2 Å². The summed E-state index contributed by atoms with van der Waals surface area (Å²) in [5.41, 5.74) is 2.14. The number of carbonyl (C=O) groups excluding carboxylic acids is 1. The molecule has 0 aromatic heterocycles. The highest BCUT2D eigenvalue weighted by Gasteiger charge is 2.41. The van der Waals surface area contributed by atoms with Crippen molar-refractivity contribution in [1.82, 2.24) is 0 Å². The third kappa shape index (κ3) is 4.90. The molecular formula is C21H23NO4S. The monoisotopic (exact) mass is 385 g/mol. The van der Waals surface area contributed by atoms with Gasteiger partial charge >= 0.3 is 5.97 Å². The highest BCUT2D eigenvalue weighted by atomic mass is 32.2. The van der Waals surface area contributed by atoms with Crippen molar-refractivity contribution in [2.75, 3.05) is 24.3 Å². The van der Waals surface area contributed by atoms with E-state index in [1.807, 2.05) is 54.6 Å². The summed E-state index contributed by atoms with van der Waals surface area (Å²) in [6, 6.07) is 17.5. The molecule has 1 aliphatic heterocycles. The lowest BCUT2D eigenvalue weighted by molar-refractivity contribution is -0.134. The number of carboxylic acid groups (broad SMARTS) is 1. The maximum absolute atomic E-state index is 13.3. The predicted octanol–water partition coefficient (Wildman–Crippen LogP) is 3.69. The number of nitrogens with one attached hydrogen (secondary N) is 1. The van der Waals surface area contributed by atoms with Crippen LogP contribution >= 0.6 is 11.8 Å². The first-order valence-corrected chi connectivity index (χ1v) is 10.1. The molecule has 3 rings (SSSR count). The normalized spacial score (nSPS) is 15.9. The fraction of sp³-hybridized carbons (Fsp3) is 0.333. The van der Waals surface area contributed by atoms with E-state index in [1.165, 1.54) is 11.8 Å². The summed E-state index contributed by atoms with van der Waals surface area (Å²) in [6.45, 7) is 1.13.